The van der Waals surface area contributed by atoms with Crippen LogP contribution in [0, 0.1) is 11.3 Å². The minimum atomic E-state index is -2.87. The van der Waals surface area contributed by atoms with Crippen molar-refractivity contribution in [2.75, 3.05) is 31.5 Å². The first-order valence-corrected chi connectivity index (χ1v) is 11.4. The first-order valence-electron chi connectivity index (χ1n) is 11.4. The van der Waals surface area contributed by atoms with Crippen molar-refractivity contribution in [1.29, 1.82) is 5.26 Å². The number of anilines is 2. The molecule has 0 bridgehead atoms. The van der Waals surface area contributed by atoms with Crippen LogP contribution >= 0.6 is 0 Å². The Bertz CT molecular complexity index is 1180. The van der Waals surface area contributed by atoms with Gasteiger partial charge >= 0.3 is 6.61 Å². The van der Waals surface area contributed by atoms with Gasteiger partial charge in [-0.05, 0) is 60.5 Å². The number of alkyl halides is 2. The predicted molar refractivity (Wildman–Crippen MR) is 130 cm³/mol. The van der Waals surface area contributed by atoms with Crippen LogP contribution in [0.3, 0.4) is 0 Å². The van der Waals surface area contributed by atoms with Crippen LogP contribution in [-0.2, 0) is 6.54 Å². The molecule has 0 saturated carbocycles. The van der Waals surface area contributed by atoms with Crippen molar-refractivity contribution in [1.82, 2.24) is 9.80 Å². The van der Waals surface area contributed by atoms with E-state index in [4.69, 9.17) is 5.26 Å². The van der Waals surface area contributed by atoms with Gasteiger partial charge in [0, 0.05) is 38.4 Å². The van der Waals surface area contributed by atoms with Gasteiger partial charge in [0.1, 0.15) is 5.75 Å². The van der Waals surface area contributed by atoms with Crippen LogP contribution in [0.25, 0.3) is 0 Å². The van der Waals surface area contributed by atoms with E-state index in [2.05, 4.69) is 21.0 Å². The highest BCUT2D eigenvalue weighted by Crippen LogP contribution is 2.25. The summed E-state index contributed by atoms with van der Waals surface area (Å²) in [4.78, 5) is 17.6. The van der Waals surface area contributed by atoms with Crippen molar-refractivity contribution in [2.45, 2.75) is 19.6 Å². The average Bonchev–Trinajstić information content (AvgIpc) is 3.11. The van der Waals surface area contributed by atoms with Crippen LogP contribution in [0.5, 0.6) is 5.75 Å². The van der Waals surface area contributed by atoms with Gasteiger partial charge in [0.25, 0.3) is 5.91 Å². The van der Waals surface area contributed by atoms with Crippen molar-refractivity contribution in [3.8, 4) is 11.8 Å². The predicted octanol–water partition coefficient (Wildman–Crippen LogP) is 5.25. The summed E-state index contributed by atoms with van der Waals surface area (Å²) in [6, 6.07) is 23.2. The number of carbonyl (C=O) groups is 1. The maximum absolute atomic E-state index is 13.4. The normalized spacial score (nSPS) is 14.3. The summed E-state index contributed by atoms with van der Waals surface area (Å²) in [6.45, 7) is 0.821. The Kier molecular flexibility index (Phi) is 7.91. The summed E-state index contributed by atoms with van der Waals surface area (Å²) in [5.74, 6) is 0.0241. The number of hydrogen-bond donors (Lipinski definition) is 1. The van der Waals surface area contributed by atoms with Gasteiger partial charge in [-0.2, -0.15) is 14.0 Å². The third-order valence-electron chi connectivity index (χ3n) is 5.88. The molecule has 0 aromatic heterocycles. The standard InChI is InChI=1S/C27H26F2N4O2/c28-27(29)35-23-12-10-22(11-13-23)31-25-5-2-1-4-24(25)26(34)33-15-3-14-32(16-17-33)19-21-8-6-20(18-30)7-9-21/h1-2,4-13,27,31H,3,14-17,19H2. The van der Waals surface area contributed by atoms with Crippen LogP contribution in [0.1, 0.15) is 27.9 Å². The SMILES string of the molecule is N#Cc1ccc(CN2CCCN(C(=O)c3ccccc3Nc3ccc(OC(F)F)cc3)CC2)cc1. The topological polar surface area (TPSA) is 68.6 Å². The van der Waals surface area contributed by atoms with E-state index in [0.717, 1.165) is 31.6 Å². The molecule has 1 aliphatic heterocycles. The van der Waals surface area contributed by atoms with Gasteiger partial charge in [-0.3, -0.25) is 9.69 Å². The molecule has 6 nitrogen and oxygen atoms in total. The third kappa shape index (κ3) is 6.55. The molecular weight excluding hydrogens is 450 g/mol. The average molecular weight is 477 g/mol. The quantitative estimate of drug-likeness (QED) is 0.504. The molecule has 1 saturated heterocycles. The first-order chi connectivity index (χ1) is 17.0. The number of carbonyl (C=O) groups excluding carboxylic acids is 1. The van der Waals surface area contributed by atoms with Crippen LogP contribution in [0.4, 0.5) is 20.2 Å². The lowest BCUT2D eigenvalue weighted by Gasteiger charge is -2.23. The number of rotatable bonds is 7. The molecule has 8 heteroatoms. The van der Waals surface area contributed by atoms with Gasteiger partial charge in [-0.15, -0.1) is 0 Å². The van der Waals surface area contributed by atoms with E-state index < -0.39 is 6.61 Å². The molecule has 35 heavy (non-hydrogen) atoms. The molecule has 0 radical (unpaired) electrons. The van der Waals surface area contributed by atoms with Crippen molar-refractivity contribution in [2.24, 2.45) is 0 Å². The minimum absolute atomic E-state index is 0.0500. The monoisotopic (exact) mass is 476 g/mol. The molecular formula is C27H26F2N4O2. The summed E-state index contributed by atoms with van der Waals surface area (Å²) in [7, 11) is 0. The van der Waals surface area contributed by atoms with Crippen LogP contribution < -0.4 is 10.1 Å². The Labute approximate surface area is 203 Å². The summed E-state index contributed by atoms with van der Waals surface area (Å²) >= 11 is 0. The first kappa shape index (κ1) is 24.2. The smallest absolute Gasteiger partial charge is 0.387 e. The van der Waals surface area contributed by atoms with Crippen molar-refractivity contribution < 1.29 is 18.3 Å². The number of halogens is 2. The largest absolute Gasteiger partial charge is 0.435 e. The van der Waals surface area contributed by atoms with Crippen LogP contribution in [0.2, 0.25) is 0 Å². The van der Waals surface area contributed by atoms with Gasteiger partial charge in [-0.1, -0.05) is 24.3 Å². The molecule has 1 fully saturated rings. The molecule has 1 aliphatic rings. The lowest BCUT2D eigenvalue weighted by molar-refractivity contribution is -0.0498. The fraction of sp³-hybridized carbons (Fsp3) is 0.259. The van der Waals surface area contributed by atoms with Gasteiger partial charge in [0.2, 0.25) is 0 Å². The molecule has 0 unspecified atom stereocenters. The van der Waals surface area contributed by atoms with E-state index in [-0.39, 0.29) is 11.7 Å². The lowest BCUT2D eigenvalue weighted by Crippen LogP contribution is -2.35. The number of benzene rings is 3. The van der Waals surface area contributed by atoms with Crippen molar-refractivity contribution in [3.63, 3.8) is 0 Å². The molecule has 0 atom stereocenters. The highest BCUT2D eigenvalue weighted by molar-refractivity contribution is 6.00. The van der Waals surface area contributed by atoms with E-state index in [1.165, 1.54) is 12.1 Å². The second kappa shape index (κ2) is 11.4. The summed E-state index contributed by atoms with van der Waals surface area (Å²) in [6.07, 6.45) is 0.864. The Balaban J connectivity index is 1.40. The number of nitrogens with one attached hydrogen (secondary N) is 1. The molecule has 4 rings (SSSR count). The molecule has 3 aromatic rings. The Morgan fingerprint density at radius 2 is 1.71 bits per heavy atom. The molecule has 1 N–H and O–H groups in total. The third-order valence-corrected chi connectivity index (χ3v) is 5.88. The number of nitrogens with zero attached hydrogens (tertiary/aromatic N) is 3. The maximum Gasteiger partial charge on any atom is 0.387 e. The highest BCUT2D eigenvalue weighted by Gasteiger charge is 2.22. The van der Waals surface area contributed by atoms with E-state index in [1.54, 1.807) is 18.2 Å². The molecule has 0 aliphatic carbocycles. The Hall–Kier alpha value is -3.96. The van der Waals surface area contributed by atoms with E-state index in [0.29, 0.717) is 35.6 Å². The number of ether oxygens (including phenoxy) is 1. The zero-order valence-electron chi connectivity index (χ0n) is 19.2. The fourth-order valence-corrected chi connectivity index (χ4v) is 4.10. The van der Waals surface area contributed by atoms with Crippen molar-refractivity contribution in [3.05, 3.63) is 89.5 Å². The van der Waals surface area contributed by atoms with Crippen LogP contribution in [-0.4, -0.2) is 48.5 Å². The van der Waals surface area contributed by atoms with Crippen LogP contribution in [0.15, 0.2) is 72.8 Å². The number of para-hydroxylation sites is 1. The van der Waals surface area contributed by atoms with Gasteiger partial charge in [0.05, 0.1) is 22.9 Å². The van der Waals surface area contributed by atoms with Crippen molar-refractivity contribution >= 4 is 17.3 Å². The summed E-state index contributed by atoms with van der Waals surface area (Å²) < 4.78 is 29.2. The number of amides is 1. The summed E-state index contributed by atoms with van der Waals surface area (Å²) in [5, 5.41) is 12.2. The second-order valence-electron chi connectivity index (χ2n) is 8.30. The Morgan fingerprint density at radius 3 is 2.43 bits per heavy atom. The maximum atomic E-state index is 13.4. The Morgan fingerprint density at radius 1 is 0.971 bits per heavy atom. The molecule has 3 aromatic carbocycles. The number of hydrogen-bond acceptors (Lipinski definition) is 5. The molecule has 1 amide bonds. The summed E-state index contributed by atoms with van der Waals surface area (Å²) in [5.41, 5.74) is 3.66. The molecule has 0 spiro atoms. The molecule has 1 heterocycles. The van der Waals surface area contributed by atoms with Gasteiger partial charge in [-0.25, -0.2) is 0 Å². The zero-order chi connectivity index (χ0) is 24.6. The van der Waals surface area contributed by atoms with E-state index >= 15 is 0 Å². The highest BCUT2D eigenvalue weighted by atomic mass is 19.3. The number of nitriles is 1. The lowest BCUT2D eigenvalue weighted by atomic mass is 10.1. The minimum Gasteiger partial charge on any atom is -0.435 e. The second-order valence-corrected chi connectivity index (χ2v) is 8.30. The molecule has 180 valence electrons. The fourth-order valence-electron chi connectivity index (χ4n) is 4.10. The zero-order valence-corrected chi connectivity index (χ0v) is 19.2. The van der Waals surface area contributed by atoms with Gasteiger partial charge < -0.3 is 15.0 Å². The van der Waals surface area contributed by atoms with Gasteiger partial charge in [0.15, 0.2) is 0 Å². The van der Waals surface area contributed by atoms with E-state index in [1.807, 2.05) is 47.4 Å². The van der Waals surface area contributed by atoms with E-state index in [9.17, 15) is 13.6 Å².